The minimum Gasteiger partial charge on any atom is -0.379 e. The molecular formula is C20H37N5OS. The summed E-state index contributed by atoms with van der Waals surface area (Å²) in [5, 5.41) is 3.78. The number of piperidine rings is 1. The molecule has 4 rings (SSSR count). The minimum atomic E-state index is 0.274. The van der Waals surface area contributed by atoms with Gasteiger partial charge in [0, 0.05) is 57.1 Å². The van der Waals surface area contributed by atoms with Crippen LogP contribution in [0, 0.1) is 0 Å². The lowest BCUT2D eigenvalue weighted by atomic mass is 9.95. The van der Waals surface area contributed by atoms with Crippen LogP contribution in [-0.2, 0) is 4.74 Å². The second kappa shape index (κ2) is 9.33. The van der Waals surface area contributed by atoms with E-state index < -0.39 is 0 Å². The Hall–Kier alpha value is -0.500. The highest BCUT2D eigenvalue weighted by Crippen LogP contribution is 2.33. The Labute approximate surface area is 169 Å². The van der Waals surface area contributed by atoms with Crippen molar-refractivity contribution >= 4 is 17.7 Å². The Morgan fingerprint density at radius 1 is 1.15 bits per heavy atom. The third-order valence-corrected chi connectivity index (χ3v) is 8.16. The van der Waals surface area contributed by atoms with E-state index in [0.717, 1.165) is 57.9 Å². The van der Waals surface area contributed by atoms with Gasteiger partial charge in [-0.1, -0.05) is 6.42 Å². The maximum atomic E-state index is 5.60. The molecule has 4 fully saturated rings. The normalized spacial score (nSPS) is 34.3. The van der Waals surface area contributed by atoms with Crippen molar-refractivity contribution in [2.75, 3.05) is 77.6 Å². The molecule has 0 radical (unpaired) electrons. The first-order valence-corrected chi connectivity index (χ1v) is 12.1. The van der Waals surface area contributed by atoms with Gasteiger partial charge >= 0.3 is 0 Å². The average molecular weight is 396 g/mol. The van der Waals surface area contributed by atoms with Gasteiger partial charge in [0.05, 0.1) is 13.2 Å². The minimum absolute atomic E-state index is 0.274. The van der Waals surface area contributed by atoms with Crippen molar-refractivity contribution in [1.82, 2.24) is 20.0 Å². The number of thioether (sulfide) groups is 1. The van der Waals surface area contributed by atoms with Gasteiger partial charge in [0.2, 0.25) is 0 Å². The zero-order chi connectivity index (χ0) is 18.5. The molecule has 0 amide bonds. The van der Waals surface area contributed by atoms with Crippen LogP contribution in [0.25, 0.3) is 0 Å². The Balaban J connectivity index is 1.33. The monoisotopic (exact) mass is 395 g/mol. The fourth-order valence-corrected chi connectivity index (χ4v) is 6.70. The molecule has 0 aromatic heterocycles. The molecule has 2 unspecified atom stereocenters. The van der Waals surface area contributed by atoms with Crippen LogP contribution in [0.2, 0.25) is 0 Å². The van der Waals surface area contributed by atoms with Gasteiger partial charge in [0.15, 0.2) is 5.96 Å². The van der Waals surface area contributed by atoms with Gasteiger partial charge in [-0.2, -0.15) is 11.8 Å². The molecule has 27 heavy (non-hydrogen) atoms. The smallest absolute Gasteiger partial charge is 0.193 e. The molecular weight excluding hydrogens is 358 g/mol. The van der Waals surface area contributed by atoms with Crippen molar-refractivity contribution in [2.24, 2.45) is 4.99 Å². The summed E-state index contributed by atoms with van der Waals surface area (Å²) < 4.78 is 5.60. The van der Waals surface area contributed by atoms with Crippen molar-refractivity contribution in [1.29, 1.82) is 0 Å². The fourth-order valence-electron chi connectivity index (χ4n) is 5.23. The maximum Gasteiger partial charge on any atom is 0.193 e. The van der Waals surface area contributed by atoms with E-state index in [1.54, 1.807) is 0 Å². The highest BCUT2D eigenvalue weighted by atomic mass is 32.2. The van der Waals surface area contributed by atoms with Crippen molar-refractivity contribution in [2.45, 2.75) is 43.7 Å². The number of hydrogen-bond acceptors (Lipinski definition) is 5. The molecule has 4 aliphatic heterocycles. The van der Waals surface area contributed by atoms with Crippen LogP contribution in [0.1, 0.15) is 32.1 Å². The predicted molar refractivity (Wildman–Crippen MR) is 114 cm³/mol. The van der Waals surface area contributed by atoms with E-state index in [-0.39, 0.29) is 5.54 Å². The van der Waals surface area contributed by atoms with Gasteiger partial charge < -0.3 is 15.0 Å². The van der Waals surface area contributed by atoms with Gasteiger partial charge in [-0.3, -0.25) is 14.8 Å². The summed E-state index contributed by atoms with van der Waals surface area (Å²) in [5.41, 5.74) is 0.274. The third-order valence-electron chi connectivity index (χ3n) is 6.92. The molecule has 4 saturated heterocycles. The molecule has 7 heteroatoms. The summed E-state index contributed by atoms with van der Waals surface area (Å²) >= 11 is 2.10. The van der Waals surface area contributed by atoms with Gasteiger partial charge in [0.1, 0.15) is 0 Å². The topological polar surface area (TPSA) is 43.3 Å². The Bertz CT molecular complexity index is 499. The molecule has 0 aliphatic carbocycles. The van der Waals surface area contributed by atoms with Crippen LogP contribution in [0.4, 0.5) is 0 Å². The average Bonchev–Trinajstić information content (AvgIpc) is 3.41. The molecule has 4 aliphatic rings. The highest BCUT2D eigenvalue weighted by Gasteiger charge is 2.41. The number of hydrogen-bond donors (Lipinski definition) is 1. The summed E-state index contributed by atoms with van der Waals surface area (Å²) in [6.07, 6.45) is 6.73. The molecule has 2 atom stereocenters. The Morgan fingerprint density at radius 3 is 2.67 bits per heavy atom. The number of rotatable bonds is 4. The quantitative estimate of drug-likeness (QED) is 0.572. The van der Waals surface area contributed by atoms with Gasteiger partial charge in [-0.25, -0.2) is 0 Å². The van der Waals surface area contributed by atoms with Crippen molar-refractivity contribution in [3.8, 4) is 0 Å². The SMILES string of the molecule is CN=C(NCC1(N2CCOCC2)CCSC1)N1CCC(N2CCCCC2)C1. The van der Waals surface area contributed by atoms with Gasteiger partial charge in [-0.15, -0.1) is 0 Å². The zero-order valence-corrected chi connectivity index (χ0v) is 17.8. The van der Waals surface area contributed by atoms with Crippen molar-refractivity contribution < 1.29 is 4.74 Å². The molecule has 1 N–H and O–H groups in total. The van der Waals surface area contributed by atoms with Crippen LogP contribution in [0.5, 0.6) is 0 Å². The number of aliphatic imine (C=N–C) groups is 1. The summed E-state index contributed by atoms with van der Waals surface area (Å²) in [7, 11) is 1.95. The molecule has 0 bridgehead atoms. The van der Waals surface area contributed by atoms with E-state index in [1.807, 2.05) is 7.05 Å². The molecule has 0 saturated carbocycles. The fraction of sp³-hybridized carbons (Fsp3) is 0.950. The first kappa shape index (κ1) is 19.8. The number of ether oxygens (including phenoxy) is 1. The molecule has 154 valence electrons. The van der Waals surface area contributed by atoms with Crippen LogP contribution >= 0.6 is 11.8 Å². The lowest BCUT2D eigenvalue weighted by Gasteiger charge is -2.43. The summed E-state index contributed by atoms with van der Waals surface area (Å²) in [5.74, 6) is 3.62. The third kappa shape index (κ3) is 4.57. The number of nitrogens with one attached hydrogen (secondary N) is 1. The molecule has 0 aromatic rings. The molecule has 4 heterocycles. The van der Waals surface area contributed by atoms with E-state index in [4.69, 9.17) is 4.74 Å². The number of morpholine rings is 1. The second-order valence-corrected chi connectivity index (χ2v) is 9.62. The summed E-state index contributed by atoms with van der Waals surface area (Å²) in [6, 6.07) is 0.721. The van der Waals surface area contributed by atoms with Crippen LogP contribution in [0.15, 0.2) is 4.99 Å². The lowest BCUT2D eigenvalue weighted by molar-refractivity contribution is -0.0121. The zero-order valence-electron chi connectivity index (χ0n) is 17.0. The predicted octanol–water partition coefficient (Wildman–Crippen LogP) is 1.33. The standard InChI is InChI=1S/C20H37N5OS/c1-21-19(24-9-5-18(15-24)23-7-3-2-4-8-23)22-16-20(6-14-27-17-20)25-10-12-26-13-11-25/h18H,2-17H2,1H3,(H,21,22). The molecule has 0 aromatic carbocycles. The van der Waals surface area contributed by atoms with E-state index in [9.17, 15) is 0 Å². The Morgan fingerprint density at radius 2 is 1.96 bits per heavy atom. The van der Waals surface area contributed by atoms with E-state index in [2.05, 4.69) is 36.8 Å². The van der Waals surface area contributed by atoms with E-state index in [1.165, 1.54) is 56.7 Å². The van der Waals surface area contributed by atoms with Crippen LogP contribution in [-0.4, -0.2) is 110 Å². The maximum absolute atomic E-state index is 5.60. The van der Waals surface area contributed by atoms with Crippen LogP contribution < -0.4 is 5.32 Å². The van der Waals surface area contributed by atoms with Crippen LogP contribution in [0.3, 0.4) is 0 Å². The summed E-state index contributed by atoms with van der Waals surface area (Å²) in [4.78, 5) is 12.5. The van der Waals surface area contributed by atoms with Crippen molar-refractivity contribution in [3.63, 3.8) is 0 Å². The molecule has 0 spiro atoms. The second-order valence-electron chi connectivity index (χ2n) is 8.51. The van der Waals surface area contributed by atoms with E-state index >= 15 is 0 Å². The largest absolute Gasteiger partial charge is 0.379 e. The van der Waals surface area contributed by atoms with E-state index in [0.29, 0.717) is 0 Å². The van der Waals surface area contributed by atoms with Gasteiger partial charge in [0.25, 0.3) is 0 Å². The number of nitrogens with zero attached hydrogens (tertiary/aromatic N) is 4. The summed E-state index contributed by atoms with van der Waals surface area (Å²) in [6.45, 7) is 9.78. The lowest BCUT2D eigenvalue weighted by Crippen LogP contribution is -2.60. The Kier molecular flexibility index (Phi) is 6.84. The highest BCUT2D eigenvalue weighted by molar-refractivity contribution is 7.99. The molecule has 6 nitrogen and oxygen atoms in total. The first-order valence-electron chi connectivity index (χ1n) is 10.9. The van der Waals surface area contributed by atoms with Gasteiger partial charge in [-0.05, 0) is 44.5 Å². The number of guanidine groups is 1. The van der Waals surface area contributed by atoms with Crippen molar-refractivity contribution in [3.05, 3.63) is 0 Å². The number of likely N-dealkylation sites (tertiary alicyclic amines) is 2. The first-order chi connectivity index (χ1) is 13.3.